The molecular weight excluding hydrogens is 237 g/mol. The second-order valence-electron chi connectivity index (χ2n) is 4.60. The van der Waals surface area contributed by atoms with Crippen LogP contribution in [0, 0.1) is 18.7 Å². The Labute approximate surface area is 104 Å². The molecule has 4 nitrogen and oxygen atoms in total. The fourth-order valence-corrected chi connectivity index (χ4v) is 2.05. The first-order chi connectivity index (χ1) is 8.47. The molecule has 1 unspecified atom stereocenters. The standard InChI is InChI=1S/C13H14FNO3/c1-8-2-3-9(4-11(8)14)6-15-7-10(13(17)18)5-12(15)16/h2-4,10H,5-7H2,1H3,(H,17,18). The second-order valence-corrected chi connectivity index (χ2v) is 4.60. The molecule has 5 heteroatoms. The third-order valence-electron chi connectivity index (χ3n) is 3.17. The van der Waals surface area contributed by atoms with Crippen LogP contribution in [0.3, 0.4) is 0 Å². The van der Waals surface area contributed by atoms with Gasteiger partial charge in [0.05, 0.1) is 5.92 Å². The molecule has 2 rings (SSSR count). The number of benzene rings is 1. The molecule has 1 N–H and O–H groups in total. The van der Waals surface area contributed by atoms with Gasteiger partial charge in [0.1, 0.15) is 5.82 Å². The number of hydrogen-bond acceptors (Lipinski definition) is 2. The molecule has 1 aliphatic rings. The van der Waals surface area contributed by atoms with Crippen molar-refractivity contribution in [2.24, 2.45) is 5.92 Å². The number of aryl methyl sites for hydroxylation is 1. The number of likely N-dealkylation sites (tertiary alicyclic amines) is 1. The molecule has 0 aromatic heterocycles. The molecule has 1 aromatic rings. The van der Waals surface area contributed by atoms with E-state index in [0.717, 1.165) is 0 Å². The van der Waals surface area contributed by atoms with E-state index in [2.05, 4.69) is 0 Å². The quantitative estimate of drug-likeness (QED) is 0.887. The van der Waals surface area contributed by atoms with Gasteiger partial charge >= 0.3 is 5.97 Å². The molecule has 1 fully saturated rings. The maximum absolute atomic E-state index is 13.4. The Morgan fingerprint density at radius 3 is 2.83 bits per heavy atom. The fraction of sp³-hybridized carbons (Fsp3) is 0.385. The van der Waals surface area contributed by atoms with E-state index in [0.29, 0.717) is 11.1 Å². The van der Waals surface area contributed by atoms with Crippen molar-refractivity contribution in [1.82, 2.24) is 4.90 Å². The predicted molar refractivity (Wildman–Crippen MR) is 62.3 cm³/mol. The Morgan fingerprint density at radius 2 is 2.28 bits per heavy atom. The largest absolute Gasteiger partial charge is 0.481 e. The molecule has 1 atom stereocenters. The van der Waals surface area contributed by atoms with Crippen LogP contribution in [0.1, 0.15) is 17.5 Å². The van der Waals surface area contributed by atoms with Gasteiger partial charge in [0.25, 0.3) is 0 Å². The smallest absolute Gasteiger partial charge is 0.308 e. The number of carbonyl (C=O) groups is 2. The van der Waals surface area contributed by atoms with Crippen LogP contribution in [0.2, 0.25) is 0 Å². The number of rotatable bonds is 3. The first-order valence-corrected chi connectivity index (χ1v) is 5.73. The zero-order chi connectivity index (χ0) is 13.3. The molecule has 18 heavy (non-hydrogen) atoms. The van der Waals surface area contributed by atoms with Crippen molar-refractivity contribution in [3.05, 3.63) is 35.1 Å². The van der Waals surface area contributed by atoms with Gasteiger partial charge < -0.3 is 10.0 Å². The van der Waals surface area contributed by atoms with Crippen LogP contribution in [0.15, 0.2) is 18.2 Å². The number of carbonyl (C=O) groups excluding carboxylic acids is 1. The number of aliphatic carboxylic acids is 1. The highest BCUT2D eigenvalue weighted by Gasteiger charge is 2.34. The van der Waals surface area contributed by atoms with E-state index >= 15 is 0 Å². The molecule has 1 heterocycles. The molecule has 1 aliphatic heterocycles. The zero-order valence-electron chi connectivity index (χ0n) is 10.0. The lowest BCUT2D eigenvalue weighted by Crippen LogP contribution is -2.25. The molecule has 0 saturated carbocycles. The molecule has 0 aliphatic carbocycles. The van der Waals surface area contributed by atoms with E-state index < -0.39 is 11.9 Å². The number of hydrogen-bond donors (Lipinski definition) is 1. The van der Waals surface area contributed by atoms with Gasteiger partial charge in [-0.05, 0) is 24.1 Å². The number of carboxylic acid groups (broad SMARTS) is 1. The molecular formula is C13H14FNO3. The Bertz CT molecular complexity index is 501. The minimum atomic E-state index is -0.957. The predicted octanol–water partition coefficient (Wildman–Crippen LogP) is 1.57. The van der Waals surface area contributed by atoms with Gasteiger partial charge in [-0.3, -0.25) is 9.59 Å². The summed E-state index contributed by atoms with van der Waals surface area (Å²) in [5.41, 5.74) is 1.23. The Kier molecular flexibility index (Phi) is 3.32. The normalized spacial score (nSPS) is 19.3. The summed E-state index contributed by atoms with van der Waals surface area (Å²) >= 11 is 0. The van der Waals surface area contributed by atoms with Crippen molar-refractivity contribution in [3.63, 3.8) is 0 Å². The van der Waals surface area contributed by atoms with E-state index in [4.69, 9.17) is 5.11 Å². The number of halogens is 1. The summed E-state index contributed by atoms with van der Waals surface area (Å²) in [7, 11) is 0. The van der Waals surface area contributed by atoms with E-state index in [1.165, 1.54) is 11.0 Å². The number of carboxylic acids is 1. The van der Waals surface area contributed by atoms with Crippen molar-refractivity contribution >= 4 is 11.9 Å². The van der Waals surface area contributed by atoms with Gasteiger partial charge in [0, 0.05) is 19.5 Å². The van der Waals surface area contributed by atoms with Crippen molar-refractivity contribution in [3.8, 4) is 0 Å². The molecule has 1 aromatic carbocycles. The van der Waals surface area contributed by atoms with Crippen LogP contribution in [0.25, 0.3) is 0 Å². The summed E-state index contributed by atoms with van der Waals surface area (Å²) in [5, 5.41) is 8.86. The highest BCUT2D eigenvalue weighted by molar-refractivity contribution is 5.86. The maximum Gasteiger partial charge on any atom is 0.308 e. The first kappa shape index (κ1) is 12.5. The molecule has 0 bridgehead atoms. The van der Waals surface area contributed by atoms with E-state index in [1.807, 2.05) is 0 Å². The summed E-state index contributed by atoms with van der Waals surface area (Å²) in [6.07, 6.45) is 0.0314. The molecule has 96 valence electrons. The highest BCUT2D eigenvalue weighted by Crippen LogP contribution is 2.21. The highest BCUT2D eigenvalue weighted by atomic mass is 19.1. The zero-order valence-corrected chi connectivity index (χ0v) is 10.0. The van der Waals surface area contributed by atoms with E-state index in [1.54, 1.807) is 19.1 Å². The molecule has 1 amide bonds. The van der Waals surface area contributed by atoms with Crippen molar-refractivity contribution in [2.75, 3.05) is 6.54 Å². The summed E-state index contributed by atoms with van der Waals surface area (Å²) in [4.78, 5) is 23.9. The first-order valence-electron chi connectivity index (χ1n) is 5.73. The molecule has 0 spiro atoms. The summed E-state index contributed by atoms with van der Waals surface area (Å²) in [6, 6.07) is 4.79. The van der Waals surface area contributed by atoms with Crippen molar-refractivity contribution in [2.45, 2.75) is 19.9 Å². The van der Waals surface area contributed by atoms with Gasteiger partial charge in [-0.2, -0.15) is 0 Å². The third kappa shape index (κ3) is 2.50. The second kappa shape index (κ2) is 4.76. The minimum absolute atomic E-state index is 0.0314. The fourth-order valence-electron chi connectivity index (χ4n) is 2.05. The van der Waals surface area contributed by atoms with Crippen LogP contribution < -0.4 is 0 Å². The average molecular weight is 251 g/mol. The summed E-state index contributed by atoms with van der Waals surface area (Å²) in [6.45, 7) is 2.13. The lowest BCUT2D eigenvalue weighted by Gasteiger charge is -2.16. The van der Waals surface area contributed by atoms with Gasteiger partial charge in [-0.15, -0.1) is 0 Å². The maximum atomic E-state index is 13.4. The lowest BCUT2D eigenvalue weighted by molar-refractivity contribution is -0.141. The summed E-state index contributed by atoms with van der Waals surface area (Å²) < 4.78 is 13.4. The minimum Gasteiger partial charge on any atom is -0.481 e. The van der Waals surface area contributed by atoms with Crippen molar-refractivity contribution < 1.29 is 19.1 Å². The average Bonchev–Trinajstić information content (AvgIpc) is 2.66. The monoisotopic (exact) mass is 251 g/mol. The van der Waals surface area contributed by atoms with Crippen LogP contribution in [0.4, 0.5) is 4.39 Å². The summed E-state index contributed by atoms with van der Waals surface area (Å²) in [5.74, 6) is -2.11. The topological polar surface area (TPSA) is 57.6 Å². The Morgan fingerprint density at radius 1 is 1.56 bits per heavy atom. The SMILES string of the molecule is Cc1ccc(CN2CC(C(=O)O)CC2=O)cc1F. The van der Waals surface area contributed by atoms with E-state index in [9.17, 15) is 14.0 Å². The van der Waals surface area contributed by atoms with Crippen LogP contribution in [-0.4, -0.2) is 28.4 Å². The van der Waals surface area contributed by atoms with Gasteiger partial charge in [-0.1, -0.05) is 12.1 Å². The lowest BCUT2D eigenvalue weighted by atomic mass is 10.1. The Balaban J connectivity index is 2.08. The molecule has 0 radical (unpaired) electrons. The molecule has 1 saturated heterocycles. The van der Waals surface area contributed by atoms with Crippen LogP contribution in [0.5, 0.6) is 0 Å². The van der Waals surface area contributed by atoms with Crippen LogP contribution in [-0.2, 0) is 16.1 Å². The number of nitrogens with zero attached hydrogens (tertiary/aromatic N) is 1. The third-order valence-corrected chi connectivity index (χ3v) is 3.17. The van der Waals surface area contributed by atoms with Gasteiger partial charge in [0.15, 0.2) is 0 Å². The number of amides is 1. The van der Waals surface area contributed by atoms with Gasteiger partial charge in [0.2, 0.25) is 5.91 Å². The Hall–Kier alpha value is -1.91. The van der Waals surface area contributed by atoms with Gasteiger partial charge in [-0.25, -0.2) is 4.39 Å². The van der Waals surface area contributed by atoms with Crippen molar-refractivity contribution in [1.29, 1.82) is 0 Å². The van der Waals surface area contributed by atoms with E-state index in [-0.39, 0.29) is 31.2 Å². The van der Waals surface area contributed by atoms with Crippen LogP contribution >= 0.6 is 0 Å².